The summed E-state index contributed by atoms with van der Waals surface area (Å²) in [5, 5.41) is 3.45. The monoisotopic (exact) mass is 324 g/mol. The molecule has 1 aliphatic rings. The summed E-state index contributed by atoms with van der Waals surface area (Å²) in [6.07, 6.45) is 1.00. The van der Waals surface area contributed by atoms with Crippen LogP contribution in [-0.4, -0.2) is 37.2 Å². The van der Waals surface area contributed by atoms with Crippen LogP contribution in [0, 0.1) is 0 Å². The molecule has 0 radical (unpaired) electrons. The lowest BCUT2D eigenvalue weighted by molar-refractivity contribution is -0.0497. The normalized spacial score (nSPS) is 23.4. The third-order valence-corrected chi connectivity index (χ3v) is 4.02. The summed E-state index contributed by atoms with van der Waals surface area (Å²) < 4.78 is 28.8. The second-order valence-corrected chi connectivity index (χ2v) is 5.83. The van der Waals surface area contributed by atoms with Crippen molar-refractivity contribution in [2.45, 2.75) is 32.0 Å². The van der Waals surface area contributed by atoms with Gasteiger partial charge in [-0.1, -0.05) is 23.2 Å². The van der Waals surface area contributed by atoms with E-state index in [4.69, 9.17) is 23.2 Å². The zero-order chi connectivity index (χ0) is 14.9. The second kappa shape index (κ2) is 6.33. The highest BCUT2D eigenvalue weighted by Crippen LogP contribution is 2.37. The van der Waals surface area contributed by atoms with Crippen LogP contribution in [0.15, 0.2) is 12.1 Å². The average molecular weight is 325 g/mol. The molecule has 1 saturated heterocycles. The van der Waals surface area contributed by atoms with Crippen LogP contribution in [0.1, 0.15) is 13.3 Å². The van der Waals surface area contributed by atoms with Crippen LogP contribution in [0.25, 0.3) is 0 Å². The summed E-state index contributed by atoms with van der Waals surface area (Å²) in [6.45, 7) is 0.112. The summed E-state index contributed by atoms with van der Waals surface area (Å²) in [6, 6.07) is 3.88. The van der Waals surface area contributed by atoms with Crippen LogP contribution < -0.4 is 10.1 Å². The minimum absolute atomic E-state index is 0.0692. The smallest absolute Gasteiger partial charge is 0.387 e. The van der Waals surface area contributed by atoms with Crippen molar-refractivity contribution in [3.63, 3.8) is 0 Å². The molecule has 0 bridgehead atoms. The number of hydrogen-bond acceptors (Lipinski definition) is 3. The number of hydrogen-bond donors (Lipinski definition) is 1. The number of ether oxygens (including phenoxy) is 1. The molecule has 20 heavy (non-hydrogen) atoms. The van der Waals surface area contributed by atoms with E-state index in [1.807, 2.05) is 0 Å². The number of nitrogens with one attached hydrogen (secondary N) is 1. The predicted molar refractivity (Wildman–Crippen MR) is 77.2 cm³/mol. The number of benzene rings is 1. The Bertz CT molecular complexity index is 454. The van der Waals surface area contributed by atoms with Gasteiger partial charge < -0.3 is 15.0 Å². The fourth-order valence-electron chi connectivity index (χ4n) is 2.38. The number of likely N-dealkylation sites (tertiary alicyclic amines) is 1. The van der Waals surface area contributed by atoms with E-state index in [0.717, 1.165) is 13.0 Å². The van der Waals surface area contributed by atoms with Crippen LogP contribution in [0.5, 0.6) is 5.75 Å². The SMILES string of the molecule is CC1CC(Nc2cc(Cl)c(OC(F)F)c(Cl)c2)CN1C. The van der Waals surface area contributed by atoms with Crippen molar-refractivity contribution in [3.8, 4) is 5.75 Å². The van der Waals surface area contributed by atoms with Gasteiger partial charge in [-0.2, -0.15) is 8.78 Å². The predicted octanol–water partition coefficient (Wildman–Crippen LogP) is 4.10. The van der Waals surface area contributed by atoms with Gasteiger partial charge in [0.25, 0.3) is 0 Å². The Hall–Kier alpha value is -0.780. The molecule has 0 amide bonds. The van der Waals surface area contributed by atoms with E-state index in [1.54, 1.807) is 12.1 Å². The van der Waals surface area contributed by atoms with E-state index < -0.39 is 6.61 Å². The summed E-state index contributed by atoms with van der Waals surface area (Å²) in [7, 11) is 2.06. The molecule has 0 aromatic heterocycles. The minimum Gasteiger partial charge on any atom is -0.432 e. The molecule has 2 atom stereocenters. The second-order valence-electron chi connectivity index (χ2n) is 5.01. The number of alkyl halides is 2. The third-order valence-electron chi connectivity index (χ3n) is 3.46. The van der Waals surface area contributed by atoms with Crippen LogP contribution in [0.3, 0.4) is 0 Å². The standard InChI is InChI=1S/C13H16Cl2F2N2O/c1-7-3-9(6-19(7)2)18-8-4-10(14)12(11(15)5-8)20-13(16)17/h4-5,7,9,13,18H,3,6H2,1-2H3. The van der Waals surface area contributed by atoms with E-state index in [-0.39, 0.29) is 21.8 Å². The van der Waals surface area contributed by atoms with Gasteiger partial charge in [0.05, 0.1) is 10.0 Å². The maximum absolute atomic E-state index is 12.2. The number of nitrogens with zero attached hydrogens (tertiary/aromatic N) is 1. The molecule has 112 valence electrons. The van der Waals surface area contributed by atoms with Gasteiger partial charge in [0, 0.05) is 24.3 Å². The van der Waals surface area contributed by atoms with Gasteiger partial charge in [-0.05, 0) is 32.5 Å². The molecule has 1 aliphatic heterocycles. The largest absolute Gasteiger partial charge is 0.432 e. The fraction of sp³-hybridized carbons (Fsp3) is 0.538. The highest BCUT2D eigenvalue weighted by molar-refractivity contribution is 6.37. The van der Waals surface area contributed by atoms with Gasteiger partial charge in [-0.25, -0.2) is 0 Å². The molecule has 0 spiro atoms. The first kappa shape index (κ1) is 15.6. The minimum atomic E-state index is -2.95. The zero-order valence-corrected chi connectivity index (χ0v) is 12.7. The Kier molecular flexibility index (Phi) is 4.94. The molecule has 0 aliphatic carbocycles. The lowest BCUT2D eigenvalue weighted by atomic mass is 10.2. The van der Waals surface area contributed by atoms with Crippen molar-refractivity contribution in [2.75, 3.05) is 18.9 Å². The Morgan fingerprint density at radius 1 is 1.35 bits per heavy atom. The number of anilines is 1. The molecule has 1 aromatic rings. The molecule has 1 aromatic carbocycles. The van der Waals surface area contributed by atoms with Crippen molar-refractivity contribution >= 4 is 28.9 Å². The molecule has 2 unspecified atom stereocenters. The van der Waals surface area contributed by atoms with E-state index >= 15 is 0 Å². The number of halogens is 4. The van der Waals surface area contributed by atoms with Crippen LogP contribution in [0.2, 0.25) is 10.0 Å². The molecule has 1 heterocycles. The molecule has 3 nitrogen and oxygen atoms in total. The fourth-order valence-corrected chi connectivity index (χ4v) is 2.96. The highest BCUT2D eigenvalue weighted by atomic mass is 35.5. The van der Waals surface area contributed by atoms with Crippen molar-refractivity contribution in [2.24, 2.45) is 0 Å². The number of rotatable bonds is 4. The molecule has 1 fully saturated rings. The van der Waals surface area contributed by atoms with Gasteiger partial charge in [-0.15, -0.1) is 0 Å². The summed E-state index contributed by atoms with van der Waals surface area (Å²) in [5.41, 5.74) is 0.703. The number of likely N-dealkylation sites (N-methyl/N-ethyl adjacent to an activating group) is 1. The van der Waals surface area contributed by atoms with Crippen molar-refractivity contribution in [1.82, 2.24) is 4.90 Å². The maximum atomic E-state index is 12.2. The van der Waals surface area contributed by atoms with E-state index in [1.165, 1.54) is 0 Å². The molecule has 0 saturated carbocycles. The van der Waals surface area contributed by atoms with Crippen LogP contribution in [0.4, 0.5) is 14.5 Å². The molecular weight excluding hydrogens is 309 g/mol. The average Bonchev–Trinajstić information content (AvgIpc) is 2.63. The summed E-state index contributed by atoms with van der Waals surface area (Å²) >= 11 is 11.9. The quantitative estimate of drug-likeness (QED) is 0.902. The molecule has 1 N–H and O–H groups in total. The lowest BCUT2D eigenvalue weighted by Crippen LogP contribution is -2.24. The molecule has 7 heteroatoms. The van der Waals surface area contributed by atoms with Crippen LogP contribution >= 0.6 is 23.2 Å². The first-order valence-electron chi connectivity index (χ1n) is 6.27. The Labute approximate surface area is 126 Å². The highest BCUT2D eigenvalue weighted by Gasteiger charge is 2.26. The van der Waals surface area contributed by atoms with E-state index in [0.29, 0.717) is 11.7 Å². The topological polar surface area (TPSA) is 24.5 Å². The lowest BCUT2D eigenvalue weighted by Gasteiger charge is -2.16. The maximum Gasteiger partial charge on any atom is 0.387 e. The summed E-state index contributed by atoms with van der Waals surface area (Å²) in [5.74, 6) is -0.189. The molecule has 2 rings (SSSR count). The van der Waals surface area contributed by atoms with Crippen molar-refractivity contribution in [3.05, 3.63) is 22.2 Å². The van der Waals surface area contributed by atoms with Gasteiger partial charge >= 0.3 is 6.61 Å². The van der Waals surface area contributed by atoms with Gasteiger partial charge in [0.1, 0.15) is 0 Å². The Morgan fingerprint density at radius 2 is 1.95 bits per heavy atom. The van der Waals surface area contributed by atoms with E-state index in [2.05, 4.69) is 28.9 Å². The van der Waals surface area contributed by atoms with Crippen molar-refractivity contribution < 1.29 is 13.5 Å². The first-order valence-corrected chi connectivity index (χ1v) is 7.03. The third kappa shape index (κ3) is 3.65. The van der Waals surface area contributed by atoms with Crippen molar-refractivity contribution in [1.29, 1.82) is 0 Å². The van der Waals surface area contributed by atoms with Gasteiger partial charge in [0.2, 0.25) is 0 Å². The van der Waals surface area contributed by atoms with Gasteiger partial charge in [-0.3, -0.25) is 0 Å². The Morgan fingerprint density at radius 3 is 2.40 bits per heavy atom. The zero-order valence-electron chi connectivity index (χ0n) is 11.2. The summed E-state index contributed by atoms with van der Waals surface area (Å²) in [4.78, 5) is 2.25. The molecular formula is C13H16Cl2F2N2O. The van der Waals surface area contributed by atoms with E-state index in [9.17, 15) is 8.78 Å². The Balaban J connectivity index is 2.10. The first-order chi connectivity index (χ1) is 9.36. The van der Waals surface area contributed by atoms with Crippen LogP contribution in [-0.2, 0) is 0 Å². The van der Waals surface area contributed by atoms with Gasteiger partial charge in [0.15, 0.2) is 5.75 Å².